The first kappa shape index (κ1) is 16.0. The summed E-state index contributed by atoms with van der Waals surface area (Å²) in [5.74, 6) is -0.173. The Morgan fingerprint density at radius 1 is 1.52 bits per heavy atom. The van der Waals surface area contributed by atoms with E-state index in [9.17, 15) is 13.2 Å². The second-order valence-electron chi connectivity index (χ2n) is 5.30. The summed E-state index contributed by atoms with van der Waals surface area (Å²) in [5.41, 5.74) is 0.424. The third-order valence-corrected chi connectivity index (χ3v) is 4.81. The highest BCUT2D eigenvalue weighted by Gasteiger charge is 2.26. The van der Waals surface area contributed by atoms with Gasteiger partial charge in [0.25, 0.3) is 0 Å². The third kappa shape index (κ3) is 4.28. The van der Waals surface area contributed by atoms with Crippen LogP contribution >= 0.6 is 0 Å². The van der Waals surface area contributed by atoms with E-state index in [1.54, 1.807) is 17.8 Å². The van der Waals surface area contributed by atoms with Gasteiger partial charge in [0.2, 0.25) is 10.0 Å². The number of rotatable bonds is 5. The van der Waals surface area contributed by atoms with Gasteiger partial charge < -0.3 is 4.74 Å². The molecule has 2 heterocycles. The lowest BCUT2D eigenvalue weighted by Crippen LogP contribution is -2.40. The number of ether oxygens (including phenoxy) is 1. The van der Waals surface area contributed by atoms with E-state index in [2.05, 4.69) is 5.10 Å². The highest BCUT2D eigenvalue weighted by atomic mass is 32.2. The summed E-state index contributed by atoms with van der Waals surface area (Å²) in [6, 6.07) is 0. The molecule has 1 fully saturated rings. The molecule has 0 radical (unpaired) electrons. The van der Waals surface area contributed by atoms with Crippen LogP contribution in [0.2, 0.25) is 0 Å². The number of nitrogens with zero attached hydrogens (tertiary/aromatic N) is 3. The van der Waals surface area contributed by atoms with Crippen molar-refractivity contribution in [3.05, 3.63) is 18.0 Å². The Labute approximate surface area is 124 Å². The molecule has 0 bridgehead atoms. The van der Waals surface area contributed by atoms with E-state index in [0.29, 0.717) is 31.8 Å². The molecule has 1 aliphatic heterocycles. The molecule has 1 atom stereocenters. The van der Waals surface area contributed by atoms with Crippen LogP contribution in [0.25, 0.3) is 0 Å². The molecule has 7 nitrogen and oxygen atoms in total. The van der Waals surface area contributed by atoms with E-state index in [1.807, 2.05) is 0 Å². The van der Waals surface area contributed by atoms with Gasteiger partial charge in [0.15, 0.2) is 0 Å². The van der Waals surface area contributed by atoms with Gasteiger partial charge in [0, 0.05) is 25.8 Å². The Bertz CT molecular complexity index is 596. The van der Waals surface area contributed by atoms with Gasteiger partial charge in [0.1, 0.15) is 0 Å². The van der Waals surface area contributed by atoms with Crippen LogP contribution in [0.1, 0.15) is 30.1 Å². The lowest BCUT2D eigenvalue weighted by molar-refractivity contribution is 0.0526. The van der Waals surface area contributed by atoms with E-state index < -0.39 is 10.0 Å². The molecule has 1 unspecified atom stereocenters. The van der Waals surface area contributed by atoms with E-state index in [4.69, 9.17) is 4.74 Å². The molecule has 21 heavy (non-hydrogen) atoms. The summed E-state index contributed by atoms with van der Waals surface area (Å²) in [6.07, 6.45) is 6.18. The highest BCUT2D eigenvalue weighted by molar-refractivity contribution is 7.88. The second kappa shape index (κ2) is 6.57. The van der Waals surface area contributed by atoms with Crippen molar-refractivity contribution >= 4 is 16.0 Å². The van der Waals surface area contributed by atoms with Crippen LogP contribution in [-0.4, -0.2) is 54.4 Å². The van der Waals surface area contributed by atoms with Crippen LogP contribution in [-0.2, 0) is 21.3 Å². The molecule has 118 valence electrons. The minimum atomic E-state index is -3.14. The molecule has 8 heteroatoms. The molecule has 0 aromatic carbocycles. The first-order valence-electron chi connectivity index (χ1n) is 7.05. The molecule has 1 aliphatic rings. The van der Waals surface area contributed by atoms with E-state index in [1.165, 1.54) is 16.8 Å². The maximum Gasteiger partial charge on any atom is 0.341 e. The van der Waals surface area contributed by atoms with Gasteiger partial charge in [0.05, 0.1) is 24.6 Å². The topological polar surface area (TPSA) is 81.5 Å². The number of sulfonamides is 1. The fourth-order valence-corrected chi connectivity index (χ4v) is 3.47. The molecule has 1 aromatic heterocycles. The number of carbonyl (C=O) groups is 1. The van der Waals surface area contributed by atoms with Gasteiger partial charge in [-0.05, 0) is 25.7 Å². The van der Waals surface area contributed by atoms with Gasteiger partial charge in [-0.15, -0.1) is 0 Å². The van der Waals surface area contributed by atoms with E-state index in [0.717, 1.165) is 12.8 Å². The molecule has 0 aliphatic carbocycles. The number of hydrogen-bond acceptors (Lipinski definition) is 5. The van der Waals surface area contributed by atoms with Crippen LogP contribution in [0, 0.1) is 5.92 Å². The Kier molecular flexibility index (Phi) is 5.00. The van der Waals surface area contributed by atoms with Crippen molar-refractivity contribution in [2.45, 2.75) is 26.3 Å². The van der Waals surface area contributed by atoms with E-state index in [-0.39, 0.29) is 11.9 Å². The molecule has 0 saturated carbocycles. The van der Waals surface area contributed by atoms with E-state index >= 15 is 0 Å². The Hall–Kier alpha value is -1.41. The van der Waals surface area contributed by atoms with Crippen LogP contribution in [0.4, 0.5) is 0 Å². The molecule has 2 rings (SSSR count). The number of carbonyl (C=O) groups excluding carboxylic acids is 1. The van der Waals surface area contributed by atoms with Crippen molar-refractivity contribution in [3.63, 3.8) is 0 Å². The van der Waals surface area contributed by atoms with Crippen molar-refractivity contribution in [1.82, 2.24) is 14.1 Å². The predicted octanol–water partition coefficient (Wildman–Crippen LogP) is 0.731. The number of esters is 1. The lowest BCUT2D eigenvalue weighted by Gasteiger charge is -2.30. The highest BCUT2D eigenvalue weighted by Crippen LogP contribution is 2.20. The van der Waals surface area contributed by atoms with Gasteiger partial charge in [-0.3, -0.25) is 4.68 Å². The number of piperidine rings is 1. The van der Waals surface area contributed by atoms with Gasteiger partial charge in [-0.1, -0.05) is 0 Å². The summed E-state index contributed by atoms with van der Waals surface area (Å²) in [5, 5.41) is 4.15. The average molecular weight is 315 g/mol. The Morgan fingerprint density at radius 3 is 2.95 bits per heavy atom. The molecular weight excluding hydrogens is 294 g/mol. The minimum absolute atomic E-state index is 0.212. The van der Waals surface area contributed by atoms with Crippen molar-refractivity contribution < 1.29 is 17.9 Å². The zero-order valence-corrected chi connectivity index (χ0v) is 13.2. The monoisotopic (exact) mass is 315 g/mol. The average Bonchev–Trinajstić information content (AvgIpc) is 2.87. The van der Waals surface area contributed by atoms with Crippen LogP contribution in [0.15, 0.2) is 12.4 Å². The summed E-state index contributed by atoms with van der Waals surface area (Å²) < 4.78 is 31.3. The smallest absolute Gasteiger partial charge is 0.341 e. The molecule has 0 spiro atoms. The first-order valence-corrected chi connectivity index (χ1v) is 8.89. The number of hydrogen-bond donors (Lipinski definition) is 0. The zero-order valence-electron chi connectivity index (χ0n) is 12.4. The molecule has 0 N–H and O–H groups in total. The van der Waals surface area contributed by atoms with Gasteiger partial charge >= 0.3 is 5.97 Å². The fourth-order valence-electron chi connectivity index (χ4n) is 2.52. The number of aromatic nitrogens is 2. The SMILES string of the molecule is CCOC(=O)c1cnn(CC2CCCN(S(C)(=O)=O)C2)c1. The normalized spacial score (nSPS) is 20.4. The lowest BCUT2D eigenvalue weighted by atomic mass is 10.00. The van der Waals surface area contributed by atoms with Crippen LogP contribution in [0.3, 0.4) is 0 Å². The first-order chi connectivity index (χ1) is 9.90. The largest absolute Gasteiger partial charge is 0.462 e. The van der Waals surface area contributed by atoms with Crippen LogP contribution < -0.4 is 0 Å². The van der Waals surface area contributed by atoms with Crippen molar-refractivity contribution in [2.24, 2.45) is 5.92 Å². The maximum atomic E-state index is 11.6. The van der Waals surface area contributed by atoms with Gasteiger partial charge in [-0.25, -0.2) is 17.5 Å². The Balaban J connectivity index is 1.97. The minimum Gasteiger partial charge on any atom is -0.462 e. The quantitative estimate of drug-likeness (QED) is 0.748. The predicted molar refractivity (Wildman–Crippen MR) is 77.3 cm³/mol. The maximum absolute atomic E-state index is 11.6. The summed E-state index contributed by atoms with van der Waals surface area (Å²) in [7, 11) is -3.14. The zero-order chi connectivity index (χ0) is 15.5. The summed E-state index contributed by atoms with van der Waals surface area (Å²) in [4.78, 5) is 11.6. The fraction of sp³-hybridized carbons (Fsp3) is 0.692. The molecule has 0 amide bonds. The second-order valence-corrected chi connectivity index (χ2v) is 7.28. The summed E-state index contributed by atoms with van der Waals surface area (Å²) >= 11 is 0. The van der Waals surface area contributed by atoms with Crippen molar-refractivity contribution in [2.75, 3.05) is 26.0 Å². The Morgan fingerprint density at radius 2 is 2.29 bits per heavy atom. The standard InChI is InChI=1S/C13H21N3O4S/c1-3-20-13(17)12-7-14-15(10-12)8-11-5-4-6-16(9-11)21(2,18)19/h7,10-11H,3-6,8-9H2,1-2H3. The molecule has 1 saturated heterocycles. The van der Waals surface area contributed by atoms with Crippen molar-refractivity contribution in [1.29, 1.82) is 0 Å². The van der Waals surface area contributed by atoms with Crippen molar-refractivity contribution in [3.8, 4) is 0 Å². The third-order valence-electron chi connectivity index (χ3n) is 3.54. The van der Waals surface area contributed by atoms with Crippen LogP contribution in [0.5, 0.6) is 0 Å². The van der Waals surface area contributed by atoms with Gasteiger partial charge in [-0.2, -0.15) is 5.10 Å². The molecular formula is C13H21N3O4S. The molecule has 1 aromatic rings. The summed E-state index contributed by atoms with van der Waals surface area (Å²) in [6.45, 7) is 3.78.